The molecule has 1 amide bonds. The number of nitrogens with zero attached hydrogens (tertiary/aromatic N) is 7. The van der Waals surface area contributed by atoms with Crippen LogP contribution in [0.15, 0.2) is 48.8 Å². The number of carbonyl (C=O) groups excluding carboxylic acids is 1. The van der Waals surface area contributed by atoms with Crippen LogP contribution < -0.4 is 19.4 Å². The summed E-state index contributed by atoms with van der Waals surface area (Å²) in [7, 11) is 1.57. The van der Waals surface area contributed by atoms with Crippen LogP contribution in [0.3, 0.4) is 0 Å². The third-order valence-corrected chi connectivity index (χ3v) is 7.50. The van der Waals surface area contributed by atoms with Crippen molar-refractivity contribution >= 4 is 23.4 Å². The zero-order valence-electron chi connectivity index (χ0n) is 23.7. The number of nitriles is 1. The molecular formula is C30H35N7O4. The highest BCUT2D eigenvalue weighted by Crippen LogP contribution is 2.43. The number of rotatable bonds is 8. The number of hydrogen-bond acceptors (Lipinski definition) is 10. The fourth-order valence-electron chi connectivity index (χ4n) is 5.45. The molecule has 4 heterocycles. The summed E-state index contributed by atoms with van der Waals surface area (Å²) >= 11 is 0. The lowest BCUT2D eigenvalue weighted by Gasteiger charge is -2.43. The van der Waals surface area contributed by atoms with Crippen molar-refractivity contribution in [3.63, 3.8) is 0 Å². The molecule has 3 aromatic rings. The lowest BCUT2D eigenvalue weighted by atomic mass is 9.92. The summed E-state index contributed by atoms with van der Waals surface area (Å²) in [4.78, 5) is 33.7. The minimum absolute atomic E-state index is 0.137. The van der Waals surface area contributed by atoms with E-state index in [2.05, 4.69) is 22.8 Å². The van der Waals surface area contributed by atoms with Crippen LogP contribution in [0.4, 0.5) is 22.1 Å². The van der Waals surface area contributed by atoms with E-state index in [4.69, 9.17) is 29.2 Å². The number of fused-ring (bicyclic) bond motifs is 1. The van der Waals surface area contributed by atoms with E-state index in [1.54, 1.807) is 31.1 Å². The molecule has 1 saturated heterocycles. The number of carbonyl (C=O) groups is 1. The van der Waals surface area contributed by atoms with Gasteiger partial charge < -0.3 is 24.0 Å². The van der Waals surface area contributed by atoms with Crippen molar-refractivity contribution in [1.82, 2.24) is 15.0 Å². The maximum Gasteiger partial charge on any atom is 0.414 e. The van der Waals surface area contributed by atoms with Gasteiger partial charge in [0.15, 0.2) is 0 Å². The van der Waals surface area contributed by atoms with Gasteiger partial charge in [0.1, 0.15) is 0 Å². The predicted molar refractivity (Wildman–Crippen MR) is 154 cm³/mol. The highest BCUT2D eigenvalue weighted by atomic mass is 16.6. The fourth-order valence-corrected chi connectivity index (χ4v) is 5.45. The number of pyridine rings is 1. The van der Waals surface area contributed by atoms with Crippen molar-refractivity contribution in [3.05, 3.63) is 65.6 Å². The van der Waals surface area contributed by atoms with Gasteiger partial charge in [-0.2, -0.15) is 5.26 Å². The molecule has 2 atom stereocenters. The Bertz CT molecular complexity index is 1390. The third-order valence-electron chi connectivity index (χ3n) is 7.50. The largest absolute Gasteiger partial charge is 0.481 e. The Morgan fingerprint density at radius 2 is 1.95 bits per heavy atom. The average Bonchev–Trinajstić information content (AvgIpc) is 3.03. The van der Waals surface area contributed by atoms with Gasteiger partial charge in [-0.25, -0.2) is 19.7 Å². The quantitative estimate of drug-likeness (QED) is 0.392. The molecule has 0 unspecified atom stereocenters. The normalized spacial score (nSPS) is 18.3. The van der Waals surface area contributed by atoms with Crippen molar-refractivity contribution in [1.29, 1.82) is 5.26 Å². The van der Waals surface area contributed by atoms with Crippen LogP contribution in [0.25, 0.3) is 0 Å². The number of ether oxygens (including phenoxy) is 3. The Morgan fingerprint density at radius 3 is 2.63 bits per heavy atom. The number of morpholine rings is 1. The number of hydrogen-bond donors (Lipinski definition) is 0. The van der Waals surface area contributed by atoms with E-state index in [9.17, 15) is 10.1 Å². The molecular weight excluding hydrogens is 522 g/mol. The number of aromatic nitrogens is 3. The summed E-state index contributed by atoms with van der Waals surface area (Å²) < 4.78 is 16.4. The number of amides is 1. The maximum atomic E-state index is 13.1. The molecule has 0 spiro atoms. The van der Waals surface area contributed by atoms with E-state index in [0.717, 1.165) is 30.8 Å². The summed E-state index contributed by atoms with van der Waals surface area (Å²) in [5.74, 6) is 0.979. The van der Waals surface area contributed by atoms with Gasteiger partial charge in [0.2, 0.25) is 11.8 Å². The van der Waals surface area contributed by atoms with Crippen LogP contribution in [0.1, 0.15) is 49.6 Å². The van der Waals surface area contributed by atoms with Crippen LogP contribution in [0, 0.1) is 11.3 Å². The molecule has 2 aliphatic heterocycles. The highest BCUT2D eigenvalue weighted by Gasteiger charge is 2.40. The standard InChI is InChI=1S/C30H35N7O4/c1-4-23-16-26(28-25(9-10-27(34-28)39-3)37(23)30(38)41-5-2)36(20-22-8-6-7-21(15-22)17-31)29-32-18-24(19-33-29)35-11-13-40-14-12-35/h6-10,15,18-19,23,26H,4-5,11-14,16,20H2,1-3H3/t23-,26+/m1/s1. The molecule has 5 rings (SSSR count). The first kappa shape index (κ1) is 28.1. The van der Waals surface area contributed by atoms with Crippen LogP contribution in [-0.2, 0) is 16.0 Å². The molecule has 0 bridgehead atoms. The average molecular weight is 558 g/mol. The Kier molecular flexibility index (Phi) is 8.79. The molecule has 0 radical (unpaired) electrons. The Morgan fingerprint density at radius 1 is 1.17 bits per heavy atom. The van der Waals surface area contributed by atoms with Crippen LogP contribution >= 0.6 is 0 Å². The molecule has 11 heteroatoms. The smallest absolute Gasteiger partial charge is 0.414 e. The third kappa shape index (κ3) is 6.02. The van der Waals surface area contributed by atoms with Crippen molar-refractivity contribution in [2.75, 3.05) is 54.7 Å². The Balaban J connectivity index is 1.59. The predicted octanol–water partition coefficient (Wildman–Crippen LogP) is 4.48. The number of methoxy groups -OCH3 is 1. The van der Waals surface area contributed by atoms with Gasteiger partial charge in [-0.15, -0.1) is 0 Å². The van der Waals surface area contributed by atoms with Crippen LogP contribution in [0.2, 0.25) is 0 Å². The van der Waals surface area contributed by atoms with E-state index in [1.807, 2.05) is 36.7 Å². The van der Waals surface area contributed by atoms with Crippen LogP contribution in [-0.4, -0.2) is 67.1 Å². The second kappa shape index (κ2) is 12.8. The monoisotopic (exact) mass is 557 g/mol. The molecule has 214 valence electrons. The first-order valence-electron chi connectivity index (χ1n) is 14.0. The summed E-state index contributed by atoms with van der Waals surface area (Å²) in [6.07, 6.45) is 4.59. The highest BCUT2D eigenvalue weighted by molar-refractivity contribution is 5.90. The second-order valence-corrected chi connectivity index (χ2v) is 9.92. The molecule has 1 aromatic carbocycles. The molecule has 1 fully saturated rings. The zero-order chi connectivity index (χ0) is 28.8. The lowest BCUT2D eigenvalue weighted by Crippen LogP contribution is -2.48. The Labute approximate surface area is 240 Å². The molecule has 2 aromatic heterocycles. The zero-order valence-corrected chi connectivity index (χ0v) is 23.7. The van der Waals surface area contributed by atoms with E-state index in [0.29, 0.717) is 55.0 Å². The maximum absolute atomic E-state index is 13.1. The van der Waals surface area contributed by atoms with Gasteiger partial charge >= 0.3 is 6.09 Å². The number of benzene rings is 1. The second-order valence-electron chi connectivity index (χ2n) is 9.92. The van der Waals surface area contributed by atoms with E-state index in [-0.39, 0.29) is 18.7 Å². The van der Waals surface area contributed by atoms with Crippen molar-refractivity contribution in [2.45, 2.75) is 45.3 Å². The molecule has 0 N–H and O–H groups in total. The number of anilines is 3. The summed E-state index contributed by atoms with van der Waals surface area (Å²) in [5.41, 5.74) is 3.81. The summed E-state index contributed by atoms with van der Waals surface area (Å²) in [6, 6.07) is 13.0. The first-order valence-corrected chi connectivity index (χ1v) is 14.0. The van der Waals surface area contributed by atoms with E-state index in [1.165, 1.54) is 0 Å². The van der Waals surface area contributed by atoms with E-state index < -0.39 is 6.09 Å². The summed E-state index contributed by atoms with van der Waals surface area (Å²) in [6.45, 7) is 7.49. The van der Waals surface area contributed by atoms with Gasteiger partial charge in [0.05, 0.1) is 74.1 Å². The molecule has 2 aliphatic rings. The van der Waals surface area contributed by atoms with Crippen LogP contribution in [0.5, 0.6) is 5.88 Å². The minimum atomic E-state index is -0.398. The van der Waals surface area contributed by atoms with Gasteiger partial charge in [0, 0.05) is 31.7 Å². The topological polar surface area (TPSA) is 117 Å². The molecule has 41 heavy (non-hydrogen) atoms. The van der Waals surface area contributed by atoms with Gasteiger partial charge in [-0.1, -0.05) is 19.1 Å². The van der Waals surface area contributed by atoms with Crippen molar-refractivity contribution < 1.29 is 19.0 Å². The van der Waals surface area contributed by atoms with Gasteiger partial charge in [-0.3, -0.25) is 4.90 Å². The van der Waals surface area contributed by atoms with Gasteiger partial charge in [0.25, 0.3) is 0 Å². The molecule has 11 nitrogen and oxygen atoms in total. The molecule has 0 saturated carbocycles. The minimum Gasteiger partial charge on any atom is -0.481 e. The van der Waals surface area contributed by atoms with Crippen molar-refractivity contribution in [2.24, 2.45) is 0 Å². The van der Waals surface area contributed by atoms with Crippen molar-refractivity contribution in [3.8, 4) is 11.9 Å². The lowest BCUT2D eigenvalue weighted by molar-refractivity contribution is 0.122. The fraction of sp³-hybridized carbons (Fsp3) is 0.433. The SMILES string of the molecule is CCOC(=O)N1c2ccc(OC)nc2[C@@H](N(Cc2cccc(C#N)c2)c2ncc(N3CCOCC3)cn2)C[C@H]1CC. The Hall–Kier alpha value is -4.43. The first-order chi connectivity index (χ1) is 20.1. The van der Waals surface area contributed by atoms with E-state index >= 15 is 0 Å². The molecule has 0 aliphatic carbocycles. The summed E-state index contributed by atoms with van der Waals surface area (Å²) in [5, 5.41) is 9.52. The van der Waals surface area contributed by atoms with Gasteiger partial charge in [-0.05, 0) is 43.5 Å².